The second-order valence-electron chi connectivity index (χ2n) is 5.99. The predicted octanol–water partition coefficient (Wildman–Crippen LogP) is 3.47. The van der Waals surface area contributed by atoms with Gasteiger partial charge in [-0.3, -0.25) is 9.59 Å². The number of benzene rings is 2. The lowest BCUT2D eigenvalue weighted by atomic mass is 10.2. The van der Waals surface area contributed by atoms with Crippen molar-refractivity contribution in [3.8, 4) is 11.5 Å². The lowest BCUT2D eigenvalue weighted by Gasteiger charge is -2.04. The summed E-state index contributed by atoms with van der Waals surface area (Å²) in [5.74, 6) is 0.238. The van der Waals surface area contributed by atoms with Crippen LogP contribution in [0.4, 0.5) is 0 Å². The maximum atomic E-state index is 12.3. The summed E-state index contributed by atoms with van der Waals surface area (Å²) >= 11 is 5.88. The van der Waals surface area contributed by atoms with Crippen molar-refractivity contribution in [1.82, 2.24) is 15.5 Å². The molecule has 0 aliphatic rings. The molecule has 4 aromatic rings. The summed E-state index contributed by atoms with van der Waals surface area (Å²) in [6.45, 7) is 0.248. The van der Waals surface area contributed by atoms with E-state index in [4.69, 9.17) is 20.4 Å². The number of hydrogen-bond acceptors (Lipinski definition) is 6. The first-order valence-corrected chi connectivity index (χ1v) is 8.87. The molecule has 0 radical (unpaired) electrons. The Morgan fingerprint density at radius 2 is 1.86 bits per heavy atom. The maximum Gasteiger partial charge on any atom is 0.287 e. The Hall–Kier alpha value is -3.45. The van der Waals surface area contributed by atoms with Gasteiger partial charge in [-0.05, 0) is 30.3 Å². The molecule has 0 aliphatic heterocycles. The fraction of sp³-hybridized carbons (Fsp3) is 0.100. The van der Waals surface area contributed by atoms with Crippen molar-refractivity contribution in [3.05, 3.63) is 81.5 Å². The van der Waals surface area contributed by atoms with Crippen LogP contribution < -0.4 is 10.7 Å². The number of carbonyl (C=O) groups is 1. The molecule has 1 amide bonds. The van der Waals surface area contributed by atoms with Crippen LogP contribution in [0.15, 0.2) is 68.2 Å². The van der Waals surface area contributed by atoms with Crippen molar-refractivity contribution in [2.45, 2.75) is 6.42 Å². The van der Waals surface area contributed by atoms with Gasteiger partial charge in [0.15, 0.2) is 11.2 Å². The topological polar surface area (TPSA) is 98.2 Å². The summed E-state index contributed by atoms with van der Waals surface area (Å²) in [7, 11) is 0. The molecule has 2 aromatic heterocycles. The van der Waals surface area contributed by atoms with Crippen LogP contribution >= 0.6 is 11.6 Å². The average molecular weight is 396 g/mol. The summed E-state index contributed by atoms with van der Waals surface area (Å²) in [5, 5.41) is 11.4. The van der Waals surface area contributed by atoms with Gasteiger partial charge in [-0.15, -0.1) is 10.2 Å². The molecule has 0 aliphatic carbocycles. The Morgan fingerprint density at radius 1 is 1.04 bits per heavy atom. The van der Waals surface area contributed by atoms with Gasteiger partial charge in [-0.1, -0.05) is 29.8 Å². The highest BCUT2D eigenvalue weighted by atomic mass is 35.5. The molecule has 0 bridgehead atoms. The third-order valence-electron chi connectivity index (χ3n) is 4.02. The Balaban J connectivity index is 1.41. The fourth-order valence-corrected chi connectivity index (χ4v) is 2.83. The van der Waals surface area contributed by atoms with Gasteiger partial charge >= 0.3 is 0 Å². The first-order valence-electron chi connectivity index (χ1n) is 8.49. The highest BCUT2D eigenvalue weighted by molar-refractivity contribution is 6.31. The quantitative estimate of drug-likeness (QED) is 0.555. The van der Waals surface area contributed by atoms with Gasteiger partial charge in [0.25, 0.3) is 5.91 Å². The van der Waals surface area contributed by atoms with Crippen LogP contribution in [0.3, 0.4) is 0 Å². The number of nitrogens with zero attached hydrogens (tertiary/aromatic N) is 2. The van der Waals surface area contributed by atoms with Crippen LogP contribution in [0.5, 0.6) is 0 Å². The number of fused-ring (bicyclic) bond motifs is 1. The molecule has 0 fully saturated rings. The molecule has 0 spiro atoms. The SMILES string of the molecule is O=C(NCCc1nnc(-c2ccccc2)o1)c1cc(=O)c2cc(Cl)ccc2o1. The standard InChI is InChI=1S/C20H14ClN3O4/c21-13-6-7-16-14(10-13)15(25)11-17(27-16)19(26)22-9-8-18-23-24-20(28-18)12-4-2-1-3-5-12/h1-7,10-11H,8-9H2,(H,22,26). The number of aromatic nitrogens is 2. The minimum atomic E-state index is -0.503. The minimum absolute atomic E-state index is 0.0738. The lowest BCUT2D eigenvalue weighted by molar-refractivity contribution is 0.0926. The molecule has 0 saturated carbocycles. The van der Waals surface area contributed by atoms with E-state index < -0.39 is 5.91 Å². The van der Waals surface area contributed by atoms with Gasteiger partial charge in [0.2, 0.25) is 11.8 Å². The molecule has 140 valence electrons. The summed E-state index contributed by atoms with van der Waals surface area (Å²) in [6, 6.07) is 15.2. The lowest BCUT2D eigenvalue weighted by Crippen LogP contribution is -2.26. The van der Waals surface area contributed by atoms with Crippen molar-refractivity contribution in [3.63, 3.8) is 0 Å². The molecule has 4 rings (SSSR count). The van der Waals surface area contributed by atoms with Gasteiger partial charge in [0.1, 0.15) is 5.58 Å². The highest BCUT2D eigenvalue weighted by Crippen LogP contribution is 2.18. The van der Waals surface area contributed by atoms with Gasteiger partial charge in [0.05, 0.1) is 5.39 Å². The number of amides is 1. The summed E-state index contributed by atoms with van der Waals surface area (Å²) in [6.07, 6.45) is 0.346. The van der Waals surface area contributed by atoms with Crippen LogP contribution in [0.25, 0.3) is 22.4 Å². The van der Waals surface area contributed by atoms with Crippen LogP contribution in [-0.2, 0) is 6.42 Å². The van der Waals surface area contributed by atoms with Crippen molar-refractivity contribution in [2.75, 3.05) is 6.54 Å². The predicted molar refractivity (Wildman–Crippen MR) is 103 cm³/mol. The van der Waals surface area contributed by atoms with E-state index in [0.29, 0.717) is 34.2 Å². The second-order valence-corrected chi connectivity index (χ2v) is 6.42. The van der Waals surface area contributed by atoms with E-state index in [0.717, 1.165) is 11.6 Å². The molecule has 0 atom stereocenters. The van der Waals surface area contributed by atoms with E-state index in [2.05, 4.69) is 15.5 Å². The number of halogens is 1. The number of carbonyl (C=O) groups excluding carboxylic acids is 1. The van der Waals surface area contributed by atoms with Gasteiger partial charge in [-0.2, -0.15) is 0 Å². The fourth-order valence-electron chi connectivity index (χ4n) is 2.66. The van der Waals surface area contributed by atoms with Crippen molar-refractivity contribution < 1.29 is 13.6 Å². The second kappa shape index (κ2) is 7.66. The Kier molecular flexibility index (Phi) is 4.90. The highest BCUT2D eigenvalue weighted by Gasteiger charge is 2.13. The molecular formula is C20H14ClN3O4. The summed E-state index contributed by atoms with van der Waals surface area (Å²) in [5.41, 5.74) is 0.785. The average Bonchev–Trinajstić information content (AvgIpc) is 3.18. The Bertz CT molecular complexity index is 1200. The van der Waals surface area contributed by atoms with Crippen LogP contribution in [0, 0.1) is 0 Å². The molecule has 7 nitrogen and oxygen atoms in total. The van der Waals surface area contributed by atoms with E-state index in [1.807, 2.05) is 30.3 Å². The molecular weight excluding hydrogens is 382 g/mol. The van der Waals surface area contributed by atoms with Gasteiger partial charge in [0, 0.05) is 29.6 Å². The number of rotatable bonds is 5. The normalized spacial score (nSPS) is 10.9. The maximum absolute atomic E-state index is 12.3. The summed E-state index contributed by atoms with van der Waals surface area (Å²) < 4.78 is 11.1. The minimum Gasteiger partial charge on any atom is -0.451 e. The van der Waals surface area contributed by atoms with Crippen molar-refractivity contribution in [1.29, 1.82) is 0 Å². The van der Waals surface area contributed by atoms with Crippen LogP contribution in [0.2, 0.25) is 5.02 Å². The third kappa shape index (κ3) is 3.79. The van der Waals surface area contributed by atoms with E-state index in [1.165, 1.54) is 6.07 Å². The van der Waals surface area contributed by atoms with Gasteiger partial charge in [-0.25, -0.2) is 0 Å². The molecule has 0 unspecified atom stereocenters. The molecule has 2 aromatic carbocycles. The van der Waals surface area contributed by atoms with E-state index in [1.54, 1.807) is 12.1 Å². The Morgan fingerprint density at radius 3 is 2.68 bits per heavy atom. The molecule has 2 heterocycles. The number of nitrogens with one attached hydrogen (secondary N) is 1. The zero-order valence-corrected chi connectivity index (χ0v) is 15.3. The van der Waals surface area contributed by atoms with Crippen LogP contribution in [0.1, 0.15) is 16.4 Å². The molecule has 0 saturated heterocycles. The van der Waals surface area contributed by atoms with Crippen molar-refractivity contribution >= 4 is 28.5 Å². The van der Waals surface area contributed by atoms with Gasteiger partial charge < -0.3 is 14.2 Å². The molecule has 28 heavy (non-hydrogen) atoms. The number of hydrogen-bond donors (Lipinski definition) is 1. The Labute approximate surface area is 164 Å². The largest absolute Gasteiger partial charge is 0.451 e. The smallest absolute Gasteiger partial charge is 0.287 e. The zero-order valence-electron chi connectivity index (χ0n) is 14.5. The van der Waals surface area contributed by atoms with Crippen molar-refractivity contribution in [2.24, 2.45) is 0 Å². The first-order chi connectivity index (χ1) is 13.6. The summed E-state index contributed by atoms with van der Waals surface area (Å²) in [4.78, 5) is 24.4. The first kappa shape index (κ1) is 17.9. The van der Waals surface area contributed by atoms with E-state index >= 15 is 0 Å². The van der Waals surface area contributed by atoms with Crippen LogP contribution in [-0.4, -0.2) is 22.6 Å². The molecule has 8 heteroatoms. The van der Waals surface area contributed by atoms with E-state index in [-0.39, 0.29) is 17.7 Å². The zero-order chi connectivity index (χ0) is 19.5. The molecule has 1 N–H and O–H groups in total. The monoisotopic (exact) mass is 395 g/mol. The third-order valence-corrected chi connectivity index (χ3v) is 4.26. The van der Waals surface area contributed by atoms with E-state index in [9.17, 15) is 9.59 Å².